The summed E-state index contributed by atoms with van der Waals surface area (Å²) >= 11 is 0. The van der Waals surface area contributed by atoms with E-state index in [0.717, 1.165) is 24.2 Å². The van der Waals surface area contributed by atoms with Crippen LogP contribution in [0.3, 0.4) is 0 Å². The molecule has 1 aromatic heterocycles. The number of alkyl halides is 3. The summed E-state index contributed by atoms with van der Waals surface area (Å²) in [6.45, 7) is 5.12. The summed E-state index contributed by atoms with van der Waals surface area (Å²) in [6.07, 6.45) is -3.61. The van der Waals surface area contributed by atoms with E-state index in [2.05, 4.69) is 10.2 Å². The molecule has 2 heterocycles. The monoisotopic (exact) mass is 411 g/mol. The fourth-order valence-corrected chi connectivity index (χ4v) is 3.14. The van der Waals surface area contributed by atoms with Crippen LogP contribution in [-0.2, 0) is 22.3 Å². The van der Waals surface area contributed by atoms with E-state index in [1.165, 1.54) is 12.1 Å². The van der Waals surface area contributed by atoms with Gasteiger partial charge in [-0.3, -0.25) is 9.89 Å². The summed E-state index contributed by atoms with van der Waals surface area (Å²) in [6, 6.07) is 6.59. The van der Waals surface area contributed by atoms with Crippen molar-refractivity contribution in [3.05, 3.63) is 47.3 Å². The zero-order valence-corrected chi connectivity index (χ0v) is 16.3. The molecule has 158 valence electrons. The Morgan fingerprint density at radius 3 is 2.86 bits per heavy atom. The molecule has 1 aliphatic heterocycles. The third kappa shape index (κ3) is 5.72. The maximum absolute atomic E-state index is 12.8. The molecule has 1 aliphatic rings. The van der Waals surface area contributed by atoms with Gasteiger partial charge in [0.25, 0.3) is 0 Å². The van der Waals surface area contributed by atoms with Gasteiger partial charge in [0, 0.05) is 19.0 Å². The fraction of sp³-hybridized carbons (Fsp3) is 0.500. The van der Waals surface area contributed by atoms with Crippen LogP contribution in [0.4, 0.5) is 13.2 Å². The Morgan fingerprint density at radius 2 is 2.14 bits per heavy atom. The van der Waals surface area contributed by atoms with Crippen molar-refractivity contribution in [1.29, 1.82) is 0 Å². The van der Waals surface area contributed by atoms with Gasteiger partial charge in [-0.2, -0.15) is 18.3 Å². The lowest BCUT2D eigenvalue weighted by Crippen LogP contribution is -2.32. The Balaban J connectivity index is 1.53. The zero-order chi connectivity index (χ0) is 21.0. The minimum atomic E-state index is -4.41. The Bertz CT molecular complexity index is 836. The Morgan fingerprint density at radius 1 is 1.34 bits per heavy atom. The minimum Gasteiger partial charge on any atom is -0.487 e. The predicted octanol–water partition coefficient (Wildman–Crippen LogP) is 3.75. The molecule has 6 nitrogen and oxygen atoms in total. The van der Waals surface area contributed by atoms with Gasteiger partial charge in [0.1, 0.15) is 19.0 Å². The van der Waals surface area contributed by atoms with Crippen molar-refractivity contribution in [3.63, 3.8) is 0 Å². The van der Waals surface area contributed by atoms with Crippen LogP contribution in [0.15, 0.2) is 30.3 Å². The van der Waals surface area contributed by atoms with Crippen LogP contribution in [0, 0.1) is 0 Å². The van der Waals surface area contributed by atoms with Crippen molar-refractivity contribution >= 4 is 5.91 Å². The summed E-state index contributed by atoms with van der Waals surface area (Å²) in [4.78, 5) is 13.9. The number of nitrogens with one attached hydrogen (secondary N) is 1. The highest BCUT2D eigenvalue weighted by molar-refractivity contribution is 5.77. The molecule has 3 rings (SSSR count). The molecule has 1 atom stereocenters. The van der Waals surface area contributed by atoms with Gasteiger partial charge < -0.3 is 14.4 Å². The van der Waals surface area contributed by atoms with E-state index in [0.29, 0.717) is 18.8 Å². The molecule has 2 aromatic rings. The number of benzene rings is 1. The number of likely N-dealkylation sites (tertiary alicyclic amines) is 1. The van der Waals surface area contributed by atoms with Gasteiger partial charge in [0.05, 0.1) is 23.1 Å². The number of aromatic amines is 1. The number of carbonyl (C=O) groups is 1. The van der Waals surface area contributed by atoms with Crippen molar-refractivity contribution < 1.29 is 27.4 Å². The first kappa shape index (κ1) is 21.2. The Labute approximate surface area is 167 Å². The second kappa shape index (κ2) is 8.86. The third-order valence-corrected chi connectivity index (χ3v) is 4.71. The van der Waals surface area contributed by atoms with Crippen LogP contribution in [0.25, 0.3) is 0 Å². The van der Waals surface area contributed by atoms with Crippen LogP contribution < -0.4 is 4.74 Å². The summed E-state index contributed by atoms with van der Waals surface area (Å²) < 4.78 is 49.2. The zero-order valence-electron chi connectivity index (χ0n) is 16.3. The lowest BCUT2D eigenvalue weighted by atomic mass is 10.1. The number of hydrogen-bond acceptors (Lipinski definition) is 4. The number of halogens is 3. The summed E-state index contributed by atoms with van der Waals surface area (Å²) in [5.41, 5.74) is 0.718. The number of aromatic nitrogens is 2. The first-order valence-corrected chi connectivity index (χ1v) is 9.46. The van der Waals surface area contributed by atoms with E-state index in [1.807, 2.05) is 19.9 Å². The molecule has 1 fully saturated rings. The van der Waals surface area contributed by atoms with Gasteiger partial charge >= 0.3 is 6.18 Å². The highest BCUT2D eigenvalue weighted by Gasteiger charge is 2.31. The highest BCUT2D eigenvalue weighted by Crippen LogP contribution is 2.31. The van der Waals surface area contributed by atoms with Gasteiger partial charge in [0.2, 0.25) is 5.91 Å². The number of amides is 1. The SMILES string of the molecule is CC(C)OCC(=O)N1CCC(c2cc(COc3cccc(C(F)(F)F)c3)[nH]n2)C1. The van der Waals surface area contributed by atoms with E-state index in [-0.39, 0.29) is 36.9 Å². The smallest absolute Gasteiger partial charge is 0.416 e. The van der Waals surface area contributed by atoms with Crippen LogP contribution in [0.2, 0.25) is 0 Å². The standard InChI is InChI=1S/C20H24F3N3O3/c1-13(2)28-12-19(27)26-7-6-14(10-26)18-9-16(24-25-18)11-29-17-5-3-4-15(8-17)20(21,22)23/h3-5,8-9,13-14H,6-7,10-12H2,1-2H3,(H,24,25). The molecule has 9 heteroatoms. The van der Waals surface area contributed by atoms with Gasteiger partial charge in [0.15, 0.2) is 0 Å². The molecular weight excluding hydrogens is 387 g/mol. The molecule has 0 bridgehead atoms. The molecular formula is C20H24F3N3O3. The van der Waals surface area contributed by atoms with Crippen LogP contribution in [0.1, 0.15) is 43.1 Å². The van der Waals surface area contributed by atoms with E-state index in [9.17, 15) is 18.0 Å². The van der Waals surface area contributed by atoms with Gasteiger partial charge in [-0.05, 0) is 44.5 Å². The van der Waals surface area contributed by atoms with Gasteiger partial charge in [-0.15, -0.1) is 0 Å². The largest absolute Gasteiger partial charge is 0.487 e. The fourth-order valence-electron chi connectivity index (χ4n) is 3.14. The number of carbonyl (C=O) groups excluding carboxylic acids is 1. The van der Waals surface area contributed by atoms with Crippen molar-refractivity contribution in [3.8, 4) is 5.75 Å². The normalized spacial score (nSPS) is 17.2. The van der Waals surface area contributed by atoms with E-state index < -0.39 is 11.7 Å². The van der Waals surface area contributed by atoms with E-state index >= 15 is 0 Å². The summed E-state index contributed by atoms with van der Waals surface area (Å²) in [5.74, 6) is 0.208. The maximum Gasteiger partial charge on any atom is 0.416 e. The molecule has 0 spiro atoms. The average Bonchev–Trinajstić information content (AvgIpc) is 3.33. The molecule has 29 heavy (non-hydrogen) atoms. The maximum atomic E-state index is 12.8. The van der Waals surface area contributed by atoms with Crippen LogP contribution in [-0.4, -0.2) is 46.8 Å². The number of rotatable bonds is 7. The van der Waals surface area contributed by atoms with Crippen molar-refractivity contribution in [1.82, 2.24) is 15.1 Å². The third-order valence-electron chi connectivity index (χ3n) is 4.71. The Kier molecular flexibility index (Phi) is 6.46. The number of ether oxygens (including phenoxy) is 2. The lowest BCUT2D eigenvalue weighted by molar-refractivity contribution is -0.138. The highest BCUT2D eigenvalue weighted by atomic mass is 19.4. The first-order valence-electron chi connectivity index (χ1n) is 9.46. The van der Waals surface area contributed by atoms with Crippen LogP contribution in [0.5, 0.6) is 5.75 Å². The molecule has 1 aromatic carbocycles. The van der Waals surface area contributed by atoms with Gasteiger partial charge in [-0.25, -0.2) is 0 Å². The molecule has 1 amide bonds. The summed E-state index contributed by atoms with van der Waals surface area (Å²) in [7, 11) is 0. The molecule has 1 saturated heterocycles. The second-order valence-electron chi connectivity index (χ2n) is 7.32. The van der Waals surface area contributed by atoms with Crippen LogP contribution >= 0.6 is 0 Å². The average molecular weight is 411 g/mol. The molecule has 0 aliphatic carbocycles. The van der Waals surface area contributed by atoms with Crippen molar-refractivity contribution in [2.45, 2.75) is 45.1 Å². The second-order valence-corrected chi connectivity index (χ2v) is 7.32. The van der Waals surface area contributed by atoms with Crippen molar-refractivity contribution in [2.75, 3.05) is 19.7 Å². The minimum absolute atomic E-state index is 0.00285. The number of H-pyrrole nitrogens is 1. The van der Waals surface area contributed by atoms with Crippen molar-refractivity contribution in [2.24, 2.45) is 0 Å². The molecule has 1 unspecified atom stereocenters. The van der Waals surface area contributed by atoms with E-state index in [4.69, 9.17) is 9.47 Å². The first-order chi connectivity index (χ1) is 13.7. The summed E-state index contributed by atoms with van der Waals surface area (Å²) in [5, 5.41) is 7.14. The topological polar surface area (TPSA) is 67.4 Å². The Hall–Kier alpha value is -2.55. The van der Waals surface area contributed by atoms with Gasteiger partial charge in [-0.1, -0.05) is 6.07 Å². The number of hydrogen-bond donors (Lipinski definition) is 1. The molecule has 0 saturated carbocycles. The predicted molar refractivity (Wildman–Crippen MR) is 99.4 cm³/mol. The quantitative estimate of drug-likeness (QED) is 0.754. The van der Waals surface area contributed by atoms with E-state index in [1.54, 1.807) is 4.90 Å². The number of nitrogens with zero attached hydrogens (tertiary/aromatic N) is 2. The lowest BCUT2D eigenvalue weighted by Gasteiger charge is -2.17. The molecule has 1 N–H and O–H groups in total. The molecule has 0 radical (unpaired) electrons.